The molecule has 2 aromatic rings. The van der Waals surface area contributed by atoms with Crippen molar-refractivity contribution in [2.45, 2.75) is 32.0 Å². The van der Waals surface area contributed by atoms with E-state index in [2.05, 4.69) is 5.32 Å². The van der Waals surface area contributed by atoms with Gasteiger partial charge in [-0.05, 0) is 43.7 Å². The van der Waals surface area contributed by atoms with Crippen molar-refractivity contribution in [1.82, 2.24) is 0 Å². The number of nitrogens with one attached hydrogen (secondary N) is 1. The molecule has 0 aliphatic rings. The van der Waals surface area contributed by atoms with Gasteiger partial charge in [0.1, 0.15) is 5.76 Å². The molecule has 3 nitrogen and oxygen atoms in total. The minimum Gasteiger partial charge on any atom is -0.469 e. The molecule has 0 spiro atoms. The summed E-state index contributed by atoms with van der Waals surface area (Å²) in [4.78, 5) is 0. The lowest BCUT2D eigenvalue weighted by Gasteiger charge is -2.17. The van der Waals surface area contributed by atoms with Crippen molar-refractivity contribution in [3.63, 3.8) is 0 Å². The van der Waals surface area contributed by atoms with Crippen molar-refractivity contribution in [1.29, 1.82) is 0 Å². The molecule has 1 unspecified atom stereocenters. The van der Waals surface area contributed by atoms with E-state index in [1.54, 1.807) is 6.26 Å². The van der Waals surface area contributed by atoms with Gasteiger partial charge in [-0.3, -0.25) is 0 Å². The average molecular weight is 298 g/mol. The number of halogens is 3. The van der Waals surface area contributed by atoms with E-state index < -0.39 is 11.7 Å². The second kappa shape index (κ2) is 6.11. The van der Waals surface area contributed by atoms with Crippen molar-refractivity contribution in [2.24, 2.45) is 0 Å². The molecular formula is C15H17F3N2O. The summed E-state index contributed by atoms with van der Waals surface area (Å²) < 4.78 is 42.9. The van der Waals surface area contributed by atoms with Crippen LogP contribution in [0.25, 0.3) is 0 Å². The van der Waals surface area contributed by atoms with E-state index in [-0.39, 0.29) is 11.7 Å². The van der Waals surface area contributed by atoms with E-state index in [1.165, 1.54) is 6.07 Å². The van der Waals surface area contributed by atoms with E-state index >= 15 is 0 Å². The van der Waals surface area contributed by atoms with Crippen LogP contribution in [0.5, 0.6) is 0 Å². The van der Waals surface area contributed by atoms with E-state index in [1.807, 2.05) is 19.1 Å². The zero-order chi connectivity index (χ0) is 15.5. The third-order valence-electron chi connectivity index (χ3n) is 3.18. The Balaban J connectivity index is 1.96. The molecule has 0 saturated carbocycles. The molecule has 0 amide bonds. The summed E-state index contributed by atoms with van der Waals surface area (Å²) >= 11 is 0. The predicted molar refractivity (Wildman–Crippen MR) is 76.0 cm³/mol. The minimum absolute atomic E-state index is 0.0640. The van der Waals surface area contributed by atoms with Crippen molar-refractivity contribution < 1.29 is 17.6 Å². The summed E-state index contributed by atoms with van der Waals surface area (Å²) in [5.74, 6) is 0.879. The quantitative estimate of drug-likeness (QED) is 0.809. The van der Waals surface area contributed by atoms with Gasteiger partial charge < -0.3 is 15.5 Å². The number of nitrogen functional groups attached to an aromatic ring is 1. The Morgan fingerprint density at radius 2 is 2.05 bits per heavy atom. The Labute approximate surface area is 120 Å². The molecule has 0 aliphatic carbocycles. The molecule has 0 fully saturated rings. The van der Waals surface area contributed by atoms with Gasteiger partial charge in [-0.2, -0.15) is 13.2 Å². The molecule has 2 rings (SSSR count). The van der Waals surface area contributed by atoms with Crippen LogP contribution in [-0.2, 0) is 12.6 Å². The number of benzene rings is 1. The normalized spacial score (nSPS) is 13.1. The first-order chi connectivity index (χ1) is 9.86. The van der Waals surface area contributed by atoms with Crippen LogP contribution < -0.4 is 11.1 Å². The lowest BCUT2D eigenvalue weighted by atomic mass is 10.1. The second-order valence-corrected chi connectivity index (χ2v) is 4.96. The molecule has 0 radical (unpaired) electrons. The highest BCUT2D eigenvalue weighted by Crippen LogP contribution is 2.33. The van der Waals surface area contributed by atoms with Crippen molar-refractivity contribution in [3.05, 3.63) is 47.9 Å². The molecule has 1 atom stereocenters. The average Bonchev–Trinajstić information content (AvgIpc) is 2.91. The summed E-state index contributed by atoms with van der Waals surface area (Å²) in [7, 11) is 0. The predicted octanol–water partition coefficient (Wildman–Crippen LogP) is 4.31. The molecule has 21 heavy (non-hydrogen) atoms. The van der Waals surface area contributed by atoms with Crippen LogP contribution >= 0.6 is 0 Å². The maximum Gasteiger partial charge on any atom is 0.416 e. The standard InChI is InChI=1S/C15H17F3N2O/c1-10(4-6-12-3-2-8-21-12)20-14-7-5-11(9-13(14)19)15(16,17)18/h2-3,5,7-10,20H,4,6,19H2,1H3. The van der Waals surface area contributed by atoms with Gasteiger partial charge in [-0.1, -0.05) is 0 Å². The van der Waals surface area contributed by atoms with E-state index in [9.17, 15) is 13.2 Å². The van der Waals surface area contributed by atoms with Crippen LogP contribution in [0.3, 0.4) is 0 Å². The number of anilines is 2. The zero-order valence-electron chi connectivity index (χ0n) is 11.6. The van der Waals surface area contributed by atoms with Crippen LogP contribution in [0.4, 0.5) is 24.5 Å². The maximum atomic E-state index is 12.6. The number of hydrogen-bond donors (Lipinski definition) is 2. The summed E-state index contributed by atoms with van der Waals surface area (Å²) in [6.07, 6.45) is -1.23. The fourth-order valence-electron chi connectivity index (χ4n) is 2.02. The molecule has 0 saturated heterocycles. The van der Waals surface area contributed by atoms with Crippen LogP contribution in [-0.4, -0.2) is 6.04 Å². The molecule has 1 heterocycles. The fourth-order valence-corrected chi connectivity index (χ4v) is 2.02. The Morgan fingerprint density at radius 1 is 1.29 bits per heavy atom. The number of furan rings is 1. The van der Waals surface area contributed by atoms with Gasteiger partial charge in [0.2, 0.25) is 0 Å². The zero-order valence-corrected chi connectivity index (χ0v) is 11.6. The largest absolute Gasteiger partial charge is 0.469 e. The van der Waals surface area contributed by atoms with Gasteiger partial charge >= 0.3 is 6.18 Å². The van der Waals surface area contributed by atoms with Gasteiger partial charge in [0.15, 0.2) is 0 Å². The Hall–Kier alpha value is -2.11. The molecule has 1 aromatic heterocycles. The van der Waals surface area contributed by atoms with Crippen LogP contribution in [0, 0.1) is 0 Å². The molecule has 0 bridgehead atoms. The highest BCUT2D eigenvalue weighted by molar-refractivity contribution is 5.67. The summed E-state index contributed by atoms with van der Waals surface area (Å²) in [6, 6.07) is 7.11. The smallest absolute Gasteiger partial charge is 0.416 e. The van der Waals surface area contributed by atoms with Crippen LogP contribution in [0.1, 0.15) is 24.7 Å². The van der Waals surface area contributed by atoms with E-state index in [4.69, 9.17) is 10.2 Å². The third kappa shape index (κ3) is 4.18. The summed E-state index contributed by atoms with van der Waals surface area (Å²) in [6.45, 7) is 1.94. The third-order valence-corrected chi connectivity index (χ3v) is 3.18. The van der Waals surface area contributed by atoms with Crippen LogP contribution in [0.15, 0.2) is 41.0 Å². The van der Waals surface area contributed by atoms with Gasteiger partial charge in [-0.15, -0.1) is 0 Å². The fraction of sp³-hybridized carbons (Fsp3) is 0.333. The molecule has 114 valence electrons. The Bertz CT molecular complexity index is 579. The Kier molecular flexibility index (Phi) is 4.45. The first kappa shape index (κ1) is 15.3. The van der Waals surface area contributed by atoms with Crippen molar-refractivity contribution in [2.75, 3.05) is 11.1 Å². The molecule has 0 aliphatic heterocycles. The first-order valence-corrected chi connectivity index (χ1v) is 6.62. The lowest BCUT2D eigenvalue weighted by molar-refractivity contribution is -0.137. The highest BCUT2D eigenvalue weighted by atomic mass is 19.4. The highest BCUT2D eigenvalue weighted by Gasteiger charge is 2.30. The van der Waals surface area contributed by atoms with Gasteiger partial charge in [0.25, 0.3) is 0 Å². The first-order valence-electron chi connectivity index (χ1n) is 6.62. The summed E-state index contributed by atoms with van der Waals surface area (Å²) in [5.41, 5.74) is 5.54. The number of hydrogen-bond acceptors (Lipinski definition) is 3. The second-order valence-electron chi connectivity index (χ2n) is 4.96. The van der Waals surface area contributed by atoms with Crippen molar-refractivity contribution >= 4 is 11.4 Å². The molecule has 6 heteroatoms. The van der Waals surface area contributed by atoms with E-state index in [0.717, 1.165) is 30.7 Å². The van der Waals surface area contributed by atoms with Gasteiger partial charge in [0, 0.05) is 12.5 Å². The Morgan fingerprint density at radius 3 is 2.62 bits per heavy atom. The van der Waals surface area contributed by atoms with Crippen LogP contribution in [0.2, 0.25) is 0 Å². The van der Waals surface area contributed by atoms with Gasteiger partial charge in [-0.25, -0.2) is 0 Å². The molecule has 1 aromatic carbocycles. The number of aryl methyl sites for hydroxylation is 1. The molecular weight excluding hydrogens is 281 g/mol. The number of rotatable bonds is 5. The number of alkyl halides is 3. The topological polar surface area (TPSA) is 51.2 Å². The number of nitrogens with two attached hydrogens (primary N) is 1. The minimum atomic E-state index is -4.38. The molecule has 3 N–H and O–H groups in total. The van der Waals surface area contributed by atoms with Gasteiger partial charge in [0.05, 0.1) is 23.2 Å². The summed E-state index contributed by atoms with van der Waals surface area (Å²) in [5, 5.41) is 3.12. The maximum absolute atomic E-state index is 12.6. The SMILES string of the molecule is CC(CCc1ccco1)Nc1ccc(C(F)(F)F)cc1N. The lowest BCUT2D eigenvalue weighted by Crippen LogP contribution is -2.17. The van der Waals surface area contributed by atoms with E-state index in [0.29, 0.717) is 5.69 Å². The monoisotopic (exact) mass is 298 g/mol. The van der Waals surface area contributed by atoms with Crippen molar-refractivity contribution in [3.8, 4) is 0 Å².